The number of ether oxygens (including phenoxy) is 3. The Labute approximate surface area is 90.9 Å². The summed E-state index contributed by atoms with van der Waals surface area (Å²) in [5, 5.41) is 0. The third-order valence-corrected chi connectivity index (χ3v) is 2.70. The lowest BCUT2D eigenvalue weighted by molar-refractivity contribution is -0.146. The van der Waals surface area contributed by atoms with E-state index < -0.39 is 0 Å². The molecule has 0 bridgehead atoms. The highest BCUT2D eigenvalue weighted by Gasteiger charge is 2.25. The molecular weight excluding hydrogens is 196 g/mol. The number of hydrogen-bond acceptors (Lipinski definition) is 4. The van der Waals surface area contributed by atoms with E-state index in [4.69, 9.17) is 14.2 Å². The zero-order valence-corrected chi connectivity index (χ0v) is 9.75. The molecule has 0 saturated carbocycles. The first kappa shape index (κ1) is 12.6. The number of hydrogen-bond donors (Lipinski definition) is 0. The predicted molar refractivity (Wildman–Crippen MR) is 55.9 cm³/mol. The minimum absolute atomic E-state index is 0.111. The van der Waals surface area contributed by atoms with Gasteiger partial charge in [-0.25, -0.2) is 0 Å². The van der Waals surface area contributed by atoms with Gasteiger partial charge in [0.05, 0.1) is 25.4 Å². The molecule has 1 saturated heterocycles. The van der Waals surface area contributed by atoms with E-state index in [9.17, 15) is 4.79 Å². The van der Waals surface area contributed by atoms with Crippen LogP contribution < -0.4 is 0 Å². The number of carbonyl (C=O) groups is 1. The van der Waals surface area contributed by atoms with Crippen LogP contribution in [0.5, 0.6) is 0 Å². The van der Waals surface area contributed by atoms with Gasteiger partial charge in [-0.05, 0) is 20.3 Å². The highest BCUT2D eigenvalue weighted by Crippen LogP contribution is 2.17. The molecule has 0 aromatic rings. The Morgan fingerprint density at radius 1 is 1.47 bits per heavy atom. The van der Waals surface area contributed by atoms with Gasteiger partial charge in [-0.1, -0.05) is 0 Å². The Balaban J connectivity index is 2.28. The maximum atomic E-state index is 11.7. The Morgan fingerprint density at radius 2 is 2.20 bits per heavy atom. The van der Waals surface area contributed by atoms with E-state index in [1.165, 1.54) is 0 Å². The van der Waals surface area contributed by atoms with Crippen LogP contribution in [-0.4, -0.2) is 44.4 Å². The molecular formula is C11H20O4. The van der Waals surface area contributed by atoms with Crippen LogP contribution in [0.25, 0.3) is 0 Å². The number of ketones is 1. The highest BCUT2D eigenvalue weighted by molar-refractivity contribution is 5.83. The van der Waals surface area contributed by atoms with Crippen molar-refractivity contribution < 1.29 is 19.0 Å². The van der Waals surface area contributed by atoms with Gasteiger partial charge in [0.1, 0.15) is 6.10 Å². The molecule has 1 heterocycles. The Kier molecular flexibility index (Phi) is 4.70. The molecule has 1 atom stereocenters. The van der Waals surface area contributed by atoms with E-state index >= 15 is 0 Å². The number of methoxy groups -OCH3 is 1. The molecule has 0 amide bonds. The summed E-state index contributed by atoms with van der Waals surface area (Å²) >= 11 is 0. The molecule has 1 fully saturated rings. The molecule has 0 aromatic heterocycles. The lowest BCUT2D eigenvalue weighted by atomic mass is 9.99. The van der Waals surface area contributed by atoms with Gasteiger partial charge < -0.3 is 14.2 Å². The second-order valence-corrected chi connectivity index (χ2v) is 4.36. The predicted octanol–water partition coefficient (Wildman–Crippen LogP) is 1.18. The summed E-state index contributed by atoms with van der Waals surface area (Å²) in [4.78, 5) is 11.7. The van der Waals surface area contributed by atoms with Gasteiger partial charge in [-0.3, -0.25) is 4.79 Å². The van der Waals surface area contributed by atoms with Crippen LogP contribution in [-0.2, 0) is 19.0 Å². The van der Waals surface area contributed by atoms with Crippen molar-refractivity contribution in [2.45, 2.75) is 38.4 Å². The molecule has 0 aliphatic carbocycles. The summed E-state index contributed by atoms with van der Waals surface area (Å²) in [6.07, 6.45) is 0.822. The highest BCUT2D eigenvalue weighted by atomic mass is 16.6. The van der Waals surface area contributed by atoms with E-state index in [1.807, 2.05) is 13.8 Å². The third kappa shape index (κ3) is 4.28. The van der Waals surface area contributed by atoms with Crippen LogP contribution in [0.3, 0.4) is 0 Å². The maximum absolute atomic E-state index is 11.7. The van der Waals surface area contributed by atoms with Gasteiger partial charge in [-0.2, -0.15) is 0 Å². The zero-order chi connectivity index (χ0) is 11.3. The fourth-order valence-electron chi connectivity index (χ4n) is 1.36. The average Bonchev–Trinajstić information content (AvgIpc) is 2.27. The SMILES string of the molecule is COC(C)(C)CCC(=O)C1COCCO1. The van der Waals surface area contributed by atoms with Crippen molar-refractivity contribution in [2.75, 3.05) is 26.9 Å². The standard InChI is InChI=1S/C11H20O4/c1-11(2,13-3)5-4-9(12)10-8-14-6-7-15-10/h10H,4-8H2,1-3H3. The smallest absolute Gasteiger partial charge is 0.164 e. The third-order valence-electron chi connectivity index (χ3n) is 2.70. The maximum Gasteiger partial charge on any atom is 0.164 e. The number of carbonyl (C=O) groups excluding carboxylic acids is 1. The second kappa shape index (κ2) is 5.58. The molecule has 1 aliphatic heterocycles. The fourth-order valence-corrected chi connectivity index (χ4v) is 1.36. The largest absolute Gasteiger partial charge is 0.379 e. The topological polar surface area (TPSA) is 44.8 Å². The molecule has 1 unspecified atom stereocenters. The van der Waals surface area contributed by atoms with Crippen molar-refractivity contribution in [2.24, 2.45) is 0 Å². The van der Waals surface area contributed by atoms with E-state index in [1.54, 1.807) is 7.11 Å². The van der Waals surface area contributed by atoms with Crippen molar-refractivity contribution in [3.8, 4) is 0 Å². The number of Topliss-reactive ketones (excluding diaryl/α,β-unsaturated/α-hetero) is 1. The summed E-state index contributed by atoms with van der Waals surface area (Å²) in [6, 6.07) is 0. The normalized spacial score (nSPS) is 22.7. The molecule has 15 heavy (non-hydrogen) atoms. The summed E-state index contributed by atoms with van der Waals surface area (Å²) in [7, 11) is 1.66. The first-order chi connectivity index (χ1) is 7.05. The van der Waals surface area contributed by atoms with Gasteiger partial charge in [0.25, 0.3) is 0 Å². The Hall–Kier alpha value is -0.450. The van der Waals surface area contributed by atoms with Crippen LogP contribution in [0, 0.1) is 0 Å². The molecule has 0 aromatic carbocycles. The Bertz CT molecular complexity index is 207. The van der Waals surface area contributed by atoms with Crippen LogP contribution in [0.2, 0.25) is 0 Å². The summed E-state index contributed by atoms with van der Waals surface area (Å²) in [5.74, 6) is 0.111. The van der Waals surface area contributed by atoms with Crippen molar-refractivity contribution in [3.05, 3.63) is 0 Å². The van der Waals surface area contributed by atoms with Crippen molar-refractivity contribution in [1.29, 1.82) is 0 Å². The van der Waals surface area contributed by atoms with Gasteiger partial charge in [-0.15, -0.1) is 0 Å². The quantitative estimate of drug-likeness (QED) is 0.692. The van der Waals surface area contributed by atoms with Crippen LogP contribution >= 0.6 is 0 Å². The van der Waals surface area contributed by atoms with Crippen molar-refractivity contribution >= 4 is 5.78 Å². The molecule has 4 heteroatoms. The van der Waals surface area contributed by atoms with E-state index in [0.717, 1.165) is 0 Å². The fraction of sp³-hybridized carbons (Fsp3) is 0.909. The lowest BCUT2D eigenvalue weighted by Gasteiger charge is -2.25. The van der Waals surface area contributed by atoms with Crippen molar-refractivity contribution in [3.63, 3.8) is 0 Å². The zero-order valence-electron chi connectivity index (χ0n) is 9.75. The second-order valence-electron chi connectivity index (χ2n) is 4.36. The molecule has 1 aliphatic rings. The van der Waals surface area contributed by atoms with Crippen molar-refractivity contribution in [1.82, 2.24) is 0 Å². The van der Waals surface area contributed by atoms with Crippen LogP contribution in [0.15, 0.2) is 0 Å². The molecule has 0 N–H and O–H groups in total. The molecule has 88 valence electrons. The molecule has 0 spiro atoms. The lowest BCUT2D eigenvalue weighted by Crippen LogP contribution is -2.36. The molecule has 4 nitrogen and oxygen atoms in total. The minimum Gasteiger partial charge on any atom is -0.379 e. The van der Waals surface area contributed by atoms with Gasteiger partial charge in [0.15, 0.2) is 5.78 Å². The summed E-state index contributed by atoms with van der Waals surface area (Å²) in [6.45, 7) is 5.45. The van der Waals surface area contributed by atoms with Gasteiger partial charge in [0.2, 0.25) is 0 Å². The minimum atomic E-state index is -0.369. The monoisotopic (exact) mass is 216 g/mol. The van der Waals surface area contributed by atoms with Gasteiger partial charge >= 0.3 is 0 Å². The number of rotatable bonds is 5. The molecule has 1 rings (SSSR count). The molecule has 0 radical (unpaired) electrons. The summed E-state index contributed by atoms with van der Waals surface area (Å²) < 4.78 is 15.8. The van der Waals surface area contributed by atoms with Crippen LogP contribution in [0.1, 0.15) is 26.7 Å². The first-order valence-corrected chi connectivity index (χ1v) is 5.32. The Morgan fingerprint density at radius 3 is 2.73 bits per heavy atom. The average molecular weight is 216 g/mol. The van der Waals surface area contributed by atoms with E-state index in [2.05, 4.69) is 0 Å². The van der Waals surface area contributed by atoms with Gasteiger partial charge in [0, 0.05) is 13.5 Å². The first-order valence-electron chi connectivity index (χ1n) is 5.32. The van der Waals surface area contributed by atoms with Crippen LogP contribution in [0.4, 0.5) is 0 Å². The van der Waals surface area contributed by atoms with E-state index in [0.29, 0.717) is 32.7 Å². The van der Waals surface area contributed by atoms with E-state index in [-0.39, 0.29) is 17.5 Å². The summed E-state index contributed by atoms with van der Waals surface area (Å²) in [5.41, 5.74) is -0.245.